The zero-order valence-electron chi connectivity index (χ0n) is 22.4. The lowest BCUT2D eigenvalue weighted by Gasteiger charge is -2.19. The minimum Gasteiger partial charge on any atom is -0.267 e. The second kappa shape index (κ2) is 8.38. The van der Waals surface area contributed by atoms with Gasteiger partial charge in [-0.3, -0.25) is 9.59 Å². The van der Waals surface area contributed by atoms with E-state index < -0.39 is 0 Å². The van der Waals surface area contributed by atoms with E-state index >= 15 is 0 Å². The highest BCUT2D eigenvalue weighted by atomic mass is 16.2. The van der Waals surface area contributed by atoms with Crippen molar-refractivity contribution in [2.45, 2.75) is 0 Å². The molecule has 4 heteroatoms. The van der Waals surface area contributed by atoms with Crippen molar-refractivity contribution >= 4 is 54.1 Å². The lowest BCUT2D eigenvalue weighted by molar-refractivity contribution is 0.841. The summed E-state index contributed by atoms with van der Waals surface area (Å²) < 4.78 is 3.08. The first kappa shape index (κ1) is 23.0. The third-order valence-corrected chi connectivity index (χ3v) is 8.67. The molecule has 0 aliphatic heterocycles. The molecule has 0 N–H and O–H groups in total. The van der Waals surface area contributed by atoms with Gasteiger partial charge in [-0.1, -0.05) is 109 Å². The standard InChI is InChI=1S/C38H22N2O2/c41-37-29-18-8-9-20-33(29)39-34-22-31-30(21-32(34)38(42)40(37)39)35(24-12-2-1-3-13-24)27-16-6-7-17-28(27)36(31)26-19-10-14-23-11-4-5-15-25(23)26/h1-22H. The molecule has 7 aromatic carbocycles. The highest BCUT2D eigenvalue weighted by Crippen LogP contribution is 2.46. The largest absolute Gasteiger partial charge is 0.282 e. The molecule has 196 valence electrons. The van der Waals surface area contributed by atoms with E-state index in [0.29, 0.717) is 10.8 Å². The van der Waals surface area contributed by atoms with Gasteiger partial charge >= 0.3 is 0 Å². The van der Waals surface area contributed by atoms with Crippen LogP contribution in [0.4, 0.5) is 0 Å². The fourth-order valence-corrected chi connectivity index (χ4v) is 6.89. The van der Waals surface area contributed by atoms with E-state index in [2.05, 4.69) is 84.9 Å². The summed E-state index contributed by atoms with van der Waals surface area (Å²) in [5.41, 5.74) is 5.26. The van der Waals surface area contributed by atoms with Gasteiger partial charge in [0.25, 0.3) is 11.1 Å². The fraction of sp³-hybridized carbons (Fsp3) is 0. The number of para-hydroxylation sites is 1. The summed E-state index contributed by atoms with van der Waals surface area (Å²) in [5.74, 6) is 0. The Hall–Kier alpha value is -5.74. The van der Waals surface area contributed by atoms with Gasteiger partial charge in [-0.2, -0.15) is 4.52 Å². The van der Waals surface area contributed by atoms with Gasteiger partial charge in [0.2, 0.25) is 0 Å². The summed E-state index contributed by atoms with van der Waals surface area (Å²) in [6.45, 7) is 0. The minimum absolute atomic E-state index is 0.293. The minimum atomic E-state index is -0.299. The summed E-state index contributed by atoms with van der Waals surface area (Å²) in [7, 11) is 0. The molecular formula is C38H22N2O2. The van der Waals surface area contributed by atoms with Crippen molar-refractivity contribution in [1.82, 2.24) is 9.03 Å². The van der Waals surface area contributed by atoms with Crippen molar-refractivity contribution < 1.29 is 0 Å². The Morgan fingerprint density at radius 3 is 1.79 bits per heavy atom. The molecule has 0 spiro atoms. The normalized spacial score (nSPS) is 12.0. The van der Waals surface area contributed by atoms with Crippen LogP contribution in [0.25, 0.3) is 76.4 Å². The molecule has 0 saturated carbocycles. The third kappa shape index (κ3) is 2.95. The summed E-state index contributed by atoms with van der Waals surface area (Å²) in [5, 5.41) is 7.67. The second-order valence-corrected chi connectivity index (χ2v) is 10.9. The highest BCUT2D eigenvalue weighted by molar-refractivity contribution is 6.25. The average Bonchev–Trinajstić information content (AvgIpc) is 3.50. The molecule has 2 aromatic heterocycles. The molecule has 4 nitrogen and oxygen atoms in total. The molecular weight excluding hydrogens is 516 g/mol. The van der Waals surface area contributed by atoms with Gasteiger partial charge in [-0.15, -0.1) is 0 Å². The summed E-state index contributed by atoms with van der Waals surface area (Å²) in [6.07, 6.45) is 0. The van der Waals surface area contributed by atoms with Crippen molar-refractivity contribution in [1.29, 1.82) is 0 Å². The molecule has 2 heterocycles. The number of aromatic nitrogens is 2. The first-order valence-corrected chi connectivity index (χ1v) is 14.0. The molecule has 0 radical (unpaired) electrons. The van der Waals surface area contributed by atoms with E-state index in [9.17, 15) is 9.59 Å². The second-order valence-electron chi connectivity index (χ2n) is 10.9. The smallest absolute Gasteiger partial charge is 0.267 e. The van der Waals surface area contributed by atoms with Gasteiger partial charge in [-0.25, -0.2) is 4.52 Å². The number of hydrogen-bond acceptors (Lipinski definition) is 2. The lowest BCUT2D eigenvalue weighted by Crippen LogP contribution is -2.21. The molecule has 0 unspecified atom stereocenters. The number of rotatable bonds is 2. The van der Waals surface area contributed by atoms with Crippen LogP contribution in [-0.2, 0) is 0 Å². The number of benzene rings is 7. The van der Waals surface area contributed by atoms with Crippen LogP contribution in [0.3, 0.4) is 0 Å². The number of hydrogen-bond donors (Lipinski definition) is 0. The van der Waals surface area contributed by atoms with Crippen molar-refractivity contribution in [3.8, 4) is 22.3 Å². The Kier molecular flexibility index (Phi) is 4.59. The Labute approximate surface area is 239 Å². The van der Waals surface area contributed by atoms with Crippen LogP contribution in [0.5, 0.6) is 0 Å². The summed E-state index contributed by atoms with van der Waals surface area (Å²) in [6, 6.07) is 45.3. The Morgan fingerprint density at radius 2 is 0.976 bits per heavy atom. The van der Waals surface area contributed by atoms with Gasteiger partial charge in [0.1, 0.15) is 0 Å². The van der Waals surface area contributed by atoms with Crippen molar-refractivity contribution in [2.24, 2.45) is 0 Å². The third-order valence-electron chi connectivity index (χ3n) is 8.67. The Morgan fingerprint density at radius 1 is 0.381 bits per heavy atom. The summed E-state index contributed by atoms with van der Waals surface area (Å²) >= 11 is 0. The molecule has 9 aromatic rings. The van der Waals surface area contributed by atoms with Crippen molar-refractivity contribution in [2.75, 3.05) is 0 Å². The monoisotopic (exact) mass is 538 g/mol. The van der Waals surface area contributed by atoms with Crippen LogP contribution in [0.2, 0.25) is 0 Å². The zero-order chi connectivity index (χ0) is 27.9. The van der Waals surface area contributed by atoms with Crippen LogP contribution in [0, 0.1) is 0 Å². The van der Waals surface area contributed by atoms with E-state index in [1.54, 1.807) is 10.6 Å². The quantitative estimate of drug-likeness (QED) is 0.208. The van der Waals surface area contributed by atoms with E-state index in [-0.39, 0.29) is 11.1 Å². The van der Waals surface area contributed by atoms with E-state index in [1.165, 1.54) is 15.3 Å². The SMILES string of the molecule is O=c1c2ccccc2n2c3cc4c(-c5cccc6ccccc56)c5ccccc5c(-c5ccccc5)c4cc3c(=O)n12. The molecule has 0 aliphatic carbocycles. The molecule has 0 saturated heterocycles. The highest BCUT2D eigenvalue weighted by Gasteiger charge is 2.22. The van der Waals surface area contributed by atoms with Crippen LogP contribution in [-0.4, -0.2) is 9.03 Å². The molecule has 42 heavy (non-hydrogen) atoms. The van der Waals surface area contributed by atoms with Gasteiger partial charge in [0.05, 0.1) is 21.8 Å². The van der Waals surface area contributed by atoms with Gasteiger partial charge in [-0.05, 0) is 78.8 Å². The molecule has 0 atom stereocenters. The predicted molar refractivity (Wildman–Crippen MR) is 173 cm³/mol. The maximum absolute atomic E-state index is 13.9. The molecule has 0 bridgehead atoms. The molecule has 0 amide bonds. The Balaban J connectivity index is 1.58. The zero-order valence-corrected chi connectivity index (χ0v) is 22.4. The maximum atomic E-state index is 13.9. The van der Waals surface area contributed by atoms with Crippen LogP contribution < -0.4 is 11.1 Å². The Bertz CT molecular complexity index is 2660. The molecule has 0 fully saturated rings. The van der Waals surface area contributed by atoms with Crippen LogP contribution >= 0.6 is 0 Å². The van der Waals surface area contributed by atoms with Gasteiger partial charge < -0.3 is 0 Å². The number of nitrogens with zero attached hydrogens (tertiary/aromatic N) is 2. The predicted octanol–water partition coefficient (Wildman–Crippen LogP) is 8.30. The number of fused-ring (bicyclic) bond motifs is 8. The van der Waals surface area contributed by atoms with Crippen molar-refractivity contribution in [3.63, 3.8) is 0 Å². The van der Waals surface area contributed by atoms with Crippen LogP contribution in [0.1, 0.15) is 0 Å². The summed E-state index contributed by atoms with van der Waals surface area (Å²) in [4.78, 5) is 27.3. The van der Waals surface area contributed by atoms with E-state index in [1.807, 2.05) is 42.5 Å². The topological polar surface area (TPSA) is 43.0 Å². The fourth-order valence-electron chi connectivity index (χ4n) is 6.89. The van der Waals surface area contributed by atoms with Gasteiger partial charge in [0.15, 0.2) is 0 Å². The maximum Gasteiger partial charge on any atom is 0.282 e. The van der Waals surface area contributed by atoms with Crippen molar-refractivity contribution in [3.05, 3.63) is 154 Å². The van der Waals surface area contributed by atoms with Crippen LogP contribution in [0.15, 0.2) is 143 Å². The van der Waals surface area contributed by atoms with Gasteiger partial charge in [0, 0.05) is 0 Å². The average molecular weight is 539 g/mol. The molecule has 0 aliphatic rings. The lowest BCUT2D eigenvalue weighted by atomic mass is 9.84. The van der Waals surface area contributed by atoms with E-state index in [0.717, 1.165) is 54.8 Å². The first-order chi connectivity index (χ1) is 20.7. The molecule has 9 rings (SSSR count). The van der Waals surface area contributed by atoms with E-state index in [4.69, 9.17) is 0 Å². The first-order valence-electron chi connectivity index (χ1n) is 14.0.